The molecule has 0 spiro atoms. The van der Waals surface area contributed by atoms with Gasteiger partial charge in [-0.05, 0) is 27.1 Å². The standard InChI is InChI=1S/C16H18BO6.C16H17BrO4/c1-19-11-22-15-9-14(13(20-2)8-16(15)23-17-18)21-10-12-6-4-3-5-7-12;1-18-11-21-14-9-16(15(19-2)8-13(14)17)20-10-12-6-4-3-5-7-12/h3-9,18H,10-11H2,1-2H3;3-9H,10-11H2,1-2H3. The predicted molar refractivity (Wildman–Crippen MR) is 169 cm³/mol. The Balaban J connectivity index is 0.000000241. The number of halogens is 1. The molecule has 0 amide bonds. The van der Waals surface area contributed by atoms with E-state index < -0.39 is 0 Å². The molecule has 12 heteroatoms. The van der Waals surface area contributed by atoms with Crippen LogP contribution in [-0.4, -0.2) is 54.7 Å². The first kappa shape index (κ1) is 34.4. The molecule has 0 heterocycles. The van der Waals surface area contributed by atoms with Gasteiger partial charge in [-0.25, -0.2) is 0 Å². The topological polar surface area (TPSA) is 103 Å². The van der Waals surface area contributed by atoms with E-state index in [9.17, 15) is 0 Å². The Bertz CT molecular complexity index is 1390. The van der Waals surface area contributed by atoms with Crippen LogP contribution in [0, 0.1) is 0 Å². The highest BCUT2D eigenvalue weighted by Gasteiger charge is 2.15. The lowest BCUT2D eigenvalue weighted by Gasteiger charge is -2.16. The Morgan fingerprint density at radius 3 is 1.45 bits per heavy atom. The molecule has 0 fully saturated rings. The van der Waals surface area contributed by atoms with Gasteiger partial charge in [0.25, 0.3) is 0 Å². The van der Waals surface area contributed by atoms with E-state index in [0.717, 1.165) is 15.6 Å². The molecule has 0 saturated carbocycles. The Morgan fingerprint density at radius 1 is 0.545 bits per heavy atom. The van der Waals surface area contributed by atoms with Gasteiger partial charge in [0, 0.05) is 38.5 Å². The van der Waals surface area contributed by atoms with Gasteiger partial charge in [-0.15, -0.1) is 0 Å². The fraction of sp³-hybridized carbons (Fsp3) is 0.250. The van der Waals surface area contributed by atoms with Crippen molar-refractivity contribution in [3.8, 4) is 40.2 Å². The van der Waals surface area contributed by atoms with Crippen molar-refractivity contribution in [3.63, 3.8) is 0 Å². The number of ether oxygens (including phenoxy) is 8. The third kappa shape index (κ3) is 10.9. The Labute approximate surface area is 266 Å². The highest BCUT2D eigenvalue weighted by Crippen LogP contribution is 2.40. The lowest BCUT2D eigenvalue weighted by molar-refractivity contribution is 0.0494. The van der Waals surface area contributed by atoms with Crippen molar-refractivity contribution in [2.24, 2.45) is 0 Å². The molecule has 1 N–H and O–H groups in total. The van der Waals surface area contributed by atoms with Crippen molar-refractivity contribution in [3.05, 3.63) is 101 Å². The quantitative estimate of drug-likeness (QED) is 0.110. The summed E-state index contributed by atoms with van der Waals surface area (Å²) >= 11 is 3.43. The van der Waals surface area contributed by atoms with Gasteiger partial charge in [-0.1, -0.05) is 60.7 Å². The fourth-order valence-electron chi connectivity index (χ4n) is 3.67. The SMILES string of the molecule is COCOc1cc(OCc2ccccc2)c(OC)cc1Br.COCOc1cc(OCc2ccccc2)c(OC)cc1O[B]O. The van der Waals surface area contributed by atoms with Crippen molar-refractivity contribution < 1.29 is 47.6 Å². The molecular weight excluding hydrogens is 635 g/mol. The Kier molecular flexibility index (Phi) is 15.0. The molecule has 44 heavy (non-hydrogen) atoms. The van der Waals surface area contributed by atoms with Gasteiger partial charge in [-0.3, -0.25) is 0 Å². The molecule has 0 unspecified atom stereocenters. The lowest BCUT2D eigenvalue weighted by Crippen LogP contribution is -2.06. The zero-order chi connectivity index (χ0) is 31.6. The summed E-state index contributed by atoms with van der Waals surface area (Å²) < 4.78 is 48.7. The Morgan fingerprint density at radius 2 is 0.977 bits per heavy atom. The van der Waals surface area contributed by atoms with Crippen LogP contribution < -0.4 is 33.1 Å². The summed E-state index contributed by atoms with van der Waals surface area (Å²) in [5.74, 6) is 3.50. The van der Waals surface area contributed by atoms with Crippen molar-refractivity contribution in [2.45, 2.75) is 13.2 Å². The van der Waals surface area contributed by atoms with Crippen molar-refractivity contribution >= 4 is 23.6 Å². The molecule has 4 aromatic rings. The molecule has 0 bridgehead atoms. The molecule has 0 aliphatic heterocycles. The molecule has 4 rings (SSSR count). The first-order valence-corrected chi connectivity index (χ1v) is 14.1. The minimum atomic E-state index is 0.0340. The van der Waals surface area contributed by atoms with E-state index in [1.54, 1.807) is 32.4 Å². The second-order valence-electron chi connectivity index (χ2n) is 8.76. The van der Waals surface area contributed by atoms with Crippen LogP contribution in [0.3, 0.4) is 0 Å². The molecule has 1 radical (unpaired) electrons. The molecule has 0 atom stereocenters. The largest absolute Gasteiger partial charge is 0.569 e. The summed E-state index contributed by atoms with van der Waals surface area (Å²) in [5.41, 5.74) is 2.11. The van der Waals surface area contributed by atoms with E-state index in [4.69, 9.17) is 47.6 Å². The minimum absolute atomic E-state index is 0.0340. The van der Waals surface area contributed by atoms with E-state index in [1.165, 1.54) is 14.2 Å². The van der Waals surface area contributed by atoms with Crippen LogP contribution in [0.15, 0.2) is 89.4 Å². The maximum absolute atomic E-state index is 8.85. The minimum Gasteiger partial charge on any atom is -0.535 e. The van der Waals surface area contributed by atoms with Crippen LogP contribution in [0.25, 0.3) is 0 Å². The van der Waals surface area contributed by atoms with Gasteiger partial charge in [0.2, 0.25) is 0 Å². The molecule has 10 nitrogen and oxygen atoms in total. The van der Waals surface area contributed by atoms with Gasteiger partial charge >= 0.3 is 7.69 Å². The molecule has 0 saturated heterocycles. The van der Waals surface area contributed by atoms with Crippen LogP contribution in [0.1, 0.15) is 11.1 Å². The van der Waals surface area contributed by atoms with Crippen LogP contribution in [0.4, 0.5) is 0 Å². The summed E-state index contributed by atoms with van der Waals surface area (Å²) in [4.78, 5) is 0. The molecule has 0 aliphatic carbocycles. The molecule has 4 aromatic carbocycles. The summed E-state index contributed by atoms with van der Waals surface area (Å²) in [7, 11) is 6.78. The number of hydrogen-bond acceptors (Lipinski definition) is 10. The normalized spacial score (nSPS) is 10.1. The lowest BCUT2D eigenvalue weighted by atomic mass is 10.2. The number of hydrogen-bond donors (Lipinski definition) is 1. The highest BCUT2D eigenvalue weighted by atomic mass is 79.9. The second-order valence-corrected chi connectivity index (χ2v) is 9.61. The molecule has 0 aliphatic rings. The summed E-state index contributed by atoms with van der Waals surface area (Å²) in [6, 6.07) is 26.5. The van der Waals surface area contributed by atoms with Crippen LogP contribution >= 0.6 is 15.9 Å². The van der Waals surface area contributed by atoms with Gasteiger partial charge in [0.1, 0.15) is 24.7 Å². The van der Waals surface area contributed by atoms with Crippen molar-refractivity contribution in [2.75, 3.05) is 42.0 Å². The van der Waals surface area contributed by atoms with Gasteiger partial charge in [0.15, 0.2) is 42.3 Å². The van der Waals surface area contributed by atoms with E-state index in [1.807, 2.05) is 66.7 Å². The number of benzene rings is 4. The summed E-state index contributed by atoms with van der Waals surface area (Å²) in [6.45, 7) is 1.05. The van der Waals surface area contributed by atoms with Crippen LogP contribution in [-0.2, 0) is 22.7 Å². The van der Waals surface area contributed by atoms with Gasteiger partial charge in [0.05, 0.1) is 18.7 Å². The Hall–Kier alpha value is -4.10. The van der Waals surface area contributed by atoms with Crippen LogP contribution in [0.2, 0.25) is 0 Å². The third-order valence-electron chi connectivity index (χ3n) is 5.77. The number of rotatable bonds is 16. The zero-order valence-electron chi connectivity index (χ0n) is 25.0. The average molecular weight is 670 g/mol. The summed E-state index contributed by atoms with van der Waals surface area (Å²) in [5, 5.41) is 8.85. The monoisotopic (exact) mass is 669 g/mol. The average Bonchev–Trinajstić information content (AvgIpc) is 3.06. The predicted octanol–water partition coefficient (Wildman–Crippen LogP) is 6.18. The molecule has 233 valence electrons. The van der Waals surface area contributed by atoms with Crippen molar-refractivity contribution in [1.82, 2.24) is 0 Å². The van der Waals surface area contributed by atoms with Crippen molar-refractivity contribution in [1.29, 1.82) is 0 Å². The number of methoxy groups -OCH3 is 4. The van der Waals surface area contributed by atoms with E-state index in [0.29, 0.717) is 55.4 Å². The second kappa shape index (κ2) is 19.2. The third-order valence-corrected chi connectivity index (χ3v) is 6.39. The van der Waals surface area contributed by atoms with E-state index >= 15 is 0 Å². The van der Waals surface area contributed by atoms with Gasteiger partial charge in [-0.2, -0.15) is 0 Å². The van der Waals surface area contributed by atoms with Gasteiger partial charge < -0.3 is 47.6 Å². The molecule has 0 aromatic heterocycles. The first-order valence-electron chi connectivity index (χ1n) is 13.3. The van der Waals surface area contributed by atoms with E-state index in [-0.39, 0.29) is 19.3 Å². The van der Waals surface area contributed by atoms with Crippen LogP contribution in [0.5, 0.6) is 40.2 Å². The fourth-order valence-corrected chi connectivity index (χ4v) is 4.11. The maximum atomic E-state index is 8.85. The zero-order valence-corrected chi connectivity index (χ0v) is 26.6. The molecular formula is C32H35BBrO10. The summed E-state index contributed by atoms with van der Waals surface area (Å²) in [6.07, 6.45) is 0. The first-order chi connectivity index (χ1) is 21.5. The maximum Gasteiger partial charge on any atom is 0.569 e. The smallest absolute Gasteiger partial charge is 0.535 e. The highest BCUT2D eigenvalue weighted by molar-refractivity contribution is 9.10. The van der Waals surface area contributed by atoms with E-state index in [2.05, 4.69) is 15.9 Å².